The van der Waals surface area contributed by atoms with Crippen LogP contribution in [0.2, 0.25) is 0 Å². The van der Waals surface area contributed by atoms with E-state index in [0.29, 0.717) is 25.4 Å². The number of methoxy groups -OCH3 is 1. The molecule has 6 atom stereocenters. The van der Waals surface area contributed by atoms with E-state index in [9.17, 15) is 0 Å². The van der Waals surface area contributed by atoms with Gasteiger partial charge in [-0.1, -0.05) is 20.8 Å². The molecule has 2 aliphatic carbocycles. The monoisotopic (exact) mass is 299 g/mol. The number of rotatable bonds is 8. The van der Waals surface area contributed by atoms with Crippen LogP contribution < -0.4 is 5.32 Å². The Kier molecular flexibility index (Phi) is 6.93. The summed E-state index contributed by atoms with van der Waals surface area (Å²) in [6.07, 6.45) is 5.66. The van der Waals surface area contributed by atoms with Crippen LogP contribution in [-0.4, -0.2) is 51.2 Å². The molecule has 0 saturated heterocycles. The van der Waals surface area contributed by atoms with Gasteiger partial charge in [-0.3, -0.25) is 0 Å². The van der Waals surface area contributed by atoms with Crippen LogP contribution in [0.25, 0.3) is 0 Å². The average Bonchev–Trinajstić information content (AvgIpc) is 2.46. The van der Waals surface area contributed by atoms with Crippen molar-refractivity contribution in [3.05, 3.63) is 0 Å². The molecule has 0 aromatic carbocycles. The molecule has 2 rings (SSSR count). The molecule has 0 spiro atoms. The lowest BCUT2D eigenvalue weighted by atomic mass is 9.79. The molecule has 0 heterocycles. The molecule has 2 fully saturated rings. The minimum Gasteiger partial charge on any atom is -0.382 e. The largest absolute Gasteiger partial charge is 0.382 e. The molecular weight excluding hydrogens is 266 g/mol. The van der Waals surface area contributed by atoms with Crippen molar-refractivity contribution in [1.29, 1.82) is 0 Å². The molecule has 0 aliphatic heterocycles. The van der Waals surface area contributed by atoms with Gasteiger partial charge in [0.2, 0.25) is 0 Å². The molecule has 0 amide bonds. The Morgan fingerprint density at radius 1 is 1.05 bits per heavy atom. The van der Waals surface area contributed by atoms with Gasteiger partial charge >= 0.3 is 0 Å². The second-order valence-electron chi connectivity index (χ2n) is 6.79. The van der Waals surface area contributed by atoms with Crippen LogP contribution >= 0.6 is 0 Å². The highest BCUT2D eigenvalue weighted by Gasteiger charge is 2.44. The Bertz CT molecular complexity index is 300. The van der Waals surface area contributed by atoms with Gasteiger partial charge < -0.3 is 19.5 Å². The molecule has 4 nitrogen and oxygen atoms in total. The van der Waals surface area contributed by atoms with Crippen LogP contribution in [0, 0.1) is 11.8 Å². The third kappa shape index (κ3) is 4.65. The second-order valence-corrected chi connectivity index (χ2v) is 6.79. The summed E-state index contributed by atoms with van der Waals surface area (Å²) in [5.41, 5.74) is 0. The van der Waals surface area contributed by atoms with Crippen molar-refractivity contribution in [3.63, 3.8) is 0 Å². The summed E-state index contributed by atoms with van der Waals surface area (Å²) in [5.74, 6) is 1.62. The van der Waals surface area contributed by atoms with Gasteiger partial charge in [-0.05, 0) is 44.1 Å². The summed E-state index contributed by atoms with van der Waals surface area (Å²) in [6, 6.07) is 0.441. The van der Waals surface area contributed by atoms with E-state index in [1.807, 2.05) is 0 Å². The SMILES string of the molecule is CCNC1CC(OC2CCC(C)C(C)C2)C1OCCOC. The first-order valence-electron chi connectivity index (χ1n) is 8.65. The number of hydrogen-bond acceptors (Lipinski definition) is 4. The lowest BCUT2D eigenvalue weighted by molar-refractivity contribution is -0.179. The first-order chi connectivity index (χ1) is 10.2. The first kappa shape index (κ1) is 17.2. The van der Waals surface area contributed by atoms with E-state index in [1.54, 1.807) is 7.11 Å². The minimum atomic E-state index is 0.190. The van der Waals surface area contributed by atoms with E-state index >= 15 is 0 Å². The Labute approximate surface area is 129 Å². The number of ether oxygens (including phenoxy) is 3. The normalized spacial score (nSPS) is 40.0. The molecule has 2 saturated carbocycles. The van der Waals surface area contributed by atoms with Crippen molar-refractivity contribution >= 4 is 0 Å². The molecule has 2 aliphatic rings. The zero-order valence-electron chi connectivity index (χ0n) is 14.1. The van der Waals surface area contributed by atoms with Gasteiger partial charge in [0.15, 0.2) is 0 Å². The Balaban J connectivity index is 1.78. The summed E-state index contributed by atoms with van der Waals surface area (Å²) < 4.78 is 17.4. The fourth-order valence-electron chi connectivity index (χ4n) is 3.54. The van der Waals surface area contributed by atoms with Gasteiger partial charge in [-0.2, -0.15) is 0 Å². The first-order valence-corrected chi connectivity index (χ1v) is 8.65. The predicted octanol–water partition coefficient (Wildman–Crippen LogP) is 2.61. The maximum atomic E-state index is 6.36. The Hall–Kier alpha value is -0.160. The molecule has 0 aromatic heterocycles. The van der Waals surface area contributed by atoms with Gasteiger partial charge in [-0.25, -0.2) is 0 Å². The fourth-order valence-corrected chi connectivity index (χ4v) is 3.54. The number of hydrogen-bond donors (Lipinski definition) is 1. The second kappa shape index (κ2) is 8.47. The standard InChI is InChI=1S/C17H33NO3/c1-5-18-15-11-16(17(15)20-9-8-19-4)21-14-7-6-12(2)13(3)10-14/h12-18H,5-11H2,1-4H3. The van der Waals surface area contributed by atoms with Crippen LogP contribution in [0.3, 0.4) is 0 Å². The molecule has 0 bridgehead atoms. The summed E-state index contributed by atoms with van der Waals surface area (Å²) in [6.45, 7) is 9.15. The van der Waals surface area contributed by atoms with Crippen molar-refractivity contribution in [2.24, 2.45) is 11.8 Å². The van der Waals surface area contributed by atoms with E-state index in [2.05, 4.69) is 26.1 Å². The minimum absolute atomic E-state index is 0.190. The van der Waals surface area contributed by atoms with E-state index in [-0.39, 0.29) is 12.2 Å². The lowest BCUT2D eigenvalue weighted by Crippen LogP contribution is -2.61. The van der Waals surface area contributed by atoms with Crippen molar-refractivity contribution in [3.8, 4) is 0 Å². The van der Waals surface area contributed by atoms with Gasteiger partial charge in [0.1, 0.15) is 0 Å². The molecule has 4 heteroatoms. The van der Waals surface area contributed by atoms with Crippen molar-refractivity contribution in [2.75, 3.05) is 26.9 Å². The maximum Gasteiger partial charge on any atom is 0.0991 e. The zero-order valence-corrected chi connectivity index (χ0v) is 14.1. The third-order valence-corrected chi connectivity index (χ3v) is 5.23. The molecule has 21 heavy (non-hydrogen) atoms. The van der Waals surface area contributed by atoms with Crippen molar-refractivity contribution < 1.29 is 14.2 Å². The summed E-state index contributed by atoms with van der Waals surface area (Å²) in [4.78, 5) is 0. The van der Waals surface area contributed by atoms with E-state index < -0.39 is 0 Å². The summed E-state index contributed by atoms with van der Waals surface area (Å²) >= 11 is 0. The molecule has 6 unspecified atom stereocenters. The molecule has 1 N–H and O–H groups in total. The average molecular weight is 299 g/mol. The van der Waals surface area contributed by atoms with Gasteiger partial charge in [0.25, 0.3) is 0 Å². The summed E-state index contributed by atoms with van der Waals surface area (Å²) in [5, 5.41) is 3.50. The van der Waals surface area contributed by atoms with Crippen LogP contribution in [0.4, 0.5) is 0 Å². The number of likely N-dealkylation sites (N-methyl/N-ethyl adjacent to an activating group) is 1. The van der Waals surface area contributed by atoms with Gasteiger partial charge in [-0.15, -0.1) is 0 Å². The maximum absolute atomic E-state index is 6.36. The third-order valence-electron chi connectivity index (χ3n) is 5.23. The van der Waals surface area contributed by atoms with Gasteiger partial charge in [0, 0.05) is 13.2 Å². The van der Waals surface area contributed by atoms with Crippen LogP contribution in [0.1, 0.15) is 46.5 Å². The fraction of sp³-hybridized carbons (Fsp3) is 1.00. The predicted molar refractivity (Wildman–Crippen MR) is 84.5 cm³/mol. The van der Waals surface area contributed by atoms with Crippen LogP contribution in [0.5, 0.6) is 0 Å². The highest BCUT2D eigenvalue weighted by Crippen LogP contribution is 2.35. The molecular formula is C17H33NO3. The van der Waals surface area contributed by atoms with Crippen LogP contribution in [-0.2, 0) is 14.2 Å². The van der Waals surface area contributed by atoms with E-state index in [0.717, 1.165) is 24.8 Å². The highest BCUT2D eigenvalue weighted by atomic mass is 16.6. The molecule has 124 valence electrons. The van der Waals surface area contributed by atoms with E-state index in [4.69, 9.17) is 14.2 Å². The Morgan fingerprint density at radius 3 is 2.52 bits per heavy atom. The van der Waals surface area contributed by atoms with Crippen molar-refractivity contribution in [1.82, 2.24) is 5.32 Å². The Morgan fingerprint density at radius 2 is 1.86 bits per heavy atom. The van der Waals surface area contributed by atoms with Crippen LogP contribution in [0.15, 0.2) is 0 Å². The molecule has 0 radical (unpaired) electrons. The topological polar surface area (TPSA) is 39.7 Å². The quantitative estimate of drug-likeness (QED) is 0.699. The van der Waals surface area contributed by atoms with Gasteiger partial charge in [0.05, 0.1) is 31.5 Å². The lowest BCUT2D eigenvalue weighted by Gasteiger charge is -2.46. The summed E-state index contributed by atoms with van der Waals surface area (Å²) in [7, 11) is 1.71. The molecule has 0 aromatic rings. The number of nitrogens with one attached hydrogen (secondary N) is 1. The van der Waals surface area contributed by atoms with Crippen molar-refractivity contribution in [2.45, 2.75) is 70.8 Å². The smallest absolute Gasteiger partial charge is 0.0991 e. The zero-order chi connectivity index (χ0) is 15.2. The van der Waals surface area contributed by atoms with E-state index in [1.165, 1.54) is 19.3 Å². The highest BCUT2D eigenvalue weighted by molar-refractivity contribution is 4.98.